The molecule has 1 aromatic carbocycles. The topological polar surface area (TPSA) is 15.3 Å². The quantitative estimate of drug-likeness (QED) is 0.898. The first-order valence-corrected chi connectivity index (χ1v) is 7.23. The zero-order valence-corrected chi connectivity index (χ0v) is 12.3. The molecule has 2 nitrogen and oxygen atoms in total. The first-order valence-electron chi connectivity index (χ1n) is 6.85. The maximum atomic E-state index is 5.97. The molecule has 1 aliphatic heterocycles. The molecule has 1 aromatic rings. The lowest BCUT2D eigenvalue weighted by Gasteiger charge is -2.47. The highest BCUT2D eigenvalue weighted by atomic mass is 35.5. The normalized spacial score (nSPS) is 28.4. The van der Waals surface area contributed by atoms with E-state index in [0.29, 0.717) is 6.04 Å². The van der Waals surface area contributed by atoms with Gasteiger partial charge in [-0.1, -0.05) is 25.4 Å². The van der Waals surface area contributed by atoms with Crippen LogP contribution in [0.3, 0.4) is 0 Å². The first kappa shape index (κ1) is 13.7. The van der Waals surface area contributed by atoms with Crippen LogP contribution in [0.2, 0.25) is 5.02 Å². The zero-order valence-electron chi connectivity index (χ0n) is 11.5. The number of benzene rings is 1. The second kappa shape index (κ2) is 5.50. The summed E-state index contributed by atoms with van der Waals surface area (Å²) in [6.07, 6.45) is 2.31. The Morgan fingerprint density at radius 1 is 1.33 bits per heavy atom. The summed E-state index contributed by atoms with van der Waals surface area (Å²) in [5, 5.41) is 4.50. The van der Waals surface area contributed by atoms with Gasteiger partial charge in [-0.3, -0.25) is 0 Å². The third-order valence-corrected chi connectivity index (χ3v) is 4.39. The number of hydrogen-bond acceptors (Lipinski definition) is 2. The smallest absolute Gasteiger partial charge is 0.0412 e. The van der Waals surface area contributed by atoms with Crippen molar-refractivity contribution in [3.05, 3.63) is 29.3 Å². The van der Waals surface area contributed by atoms with E-state index < -0.39 is 0 Å². The van der Waals surface area contributed by atoms with Gasteiger partial charge in [0.25, 0.3) is 0 Å². The average Bonchev–Trinajstić information content (AvgIpc) is 2.40. The van der Waals surface area contributed by atoms with Gasteiger partial charge in [-0.25, -0.2) is 0 Å². The van der Waals surface area contributed by atoms with Crippen LogP contribution in [0.15, 0.2) is 24.3 Å². The van der Waals surface area contributed by atoms with Crippen LogP contribution in [-0.4, -0.2) is 24.7 Å². The summed E-state index contributed by atoms with van der Waals surface area (Å²) in [7, 11) is 0. The number of nitrogens with zero attached hydrogens (tertiary/aromatic N) is 1. The van der Waals surface area contributed by atoms with Gasteiger partial charge in [-0.2, -0.15) is 0 Å². The van der Waals surface area contributed by atoms with Gasteiger partial charge in [0.2, 0.25) is 0 Å². The van der Waals surface area contributed by atoms with Crippen molar-refractivity contribution in [2.24, 2.45) is 0 Å². The Bertz CT molecular complexity index is 390. The van der Waals surface area contributed by atoms with Gasteiger partial charge < -0.3 is 10.2 Å². The molecule has 18 heavy (non-hydrogen) atoms. The van der Waals surface area contributed by atoms with Crippen LogP contribution in [0.25, 0.3) is 0 Å². The molecule has 0 saturated carbocycles. The summed E-state index contributed by atoms with van der Waals surface area (Å²) in [4.78, 5) is 2.52. The predicted octanol–water partition coefficient (Wildman–Crippen LogP) is 3.70. The maximum Gasteiger partial charge on any atom is 0.0412 e. The fraction of sp³-hybridized carbons (Fsp3) is 0.600. The van der Waals surface area contributed by atoms with Gasteiger partial charge in [-0.05, 0) is 44.0 Å². The molecular weight excluding hydrogens is 244 g/mol. The summed E-state index contributed by atoms with van der Waals surface area (Å²) in [5.74, 6) is 0. The number of nitrogens with one attached hydrogen (secondary N) is 1. The highest BCUT2D eigenvalue weighted by Gasteiger charge is 2.33. The van der Waals surface area contributed by atoms with Gasteiger partial charge in [0.05, 0.1) is 0 Å². The molecule has 2 atom stereocenters. The summed E-state index contributed by atoms with van der Waals surface area (Å²) in [6.45, 7) is 8.93. The van der Waals surface area contributed by atoms with E-state index in [0.717, 1.165) is 31.0 Å². The molecule has 0 aromatic heterocycles. The van der Waals surface area contributed by atoms with Gasteiger partial charge >= 0.3 is 0 Å². The number of rotatable bonds is 3. The predicted molar refractivity (Wildman–Crippen MR) is 79.6 cm³/mol. The van der Waals surface area contributed by atoms with Crippen molar-refractivity contribution < 1.29 is 0 Å². The van der Waals surface area contributed by atoms with E-state index >= 15 is 0 Å². The van der Waals surface area contributed by atoms with E-state index in [9.17, 15) is 0 Å². The Morgan fingerprint density at radius 2 is 2.00 bits per heavy atom. The van der Waals surface area contributed by atoms with Crippen LogP contribution in [0.5, 0.6) is 0 Å². The standard InChI is InChI=1S/C15H23ClN2/c1-4-13-10-17-15(3,5-2)11-18(13)14-8-6-12(16)7-9-14/h6-9,13,17H,4-5,10-11H2,1-3H3. The van der Waals surface area contributed by atoms with Crippen LogP contribution in [-0.2, 0) is 0 Å². The molecule has 3 heteroatoms. The van der Waals surface area contributed by atoms with Crippen LogP contribution < -0.4 is 10.2 Å². The molecule has 2 unspecified atom stereocenters. The second-order valence-electron chi connectivity index (χ2n) is 5.46. The Labute approximate surface area is 115 Å². The summed E-state index contributed by atoms with van der Waals surface area (Å²) in [5.41, 5.74) is 1.50. The fourth-order valence-corrected chi connectivity index (χ4v) is 2.70. The second-order valence-corrected chi connectivity index (χ2v) is 5.90. The van der Waals surface area contributed by atoms with Gasteiger partial charge in [-0.15, -0.1) is 0 Å². The number of hydrogen-bond donors (Lipinski definition) is 1. The lowest BCUT2D eigenvalue weighted by atomic mass is 9.92. The SMILES string of the molecule is CCC1CNC(C)(CC)CN1c1ccc(Cl)cc1. The van der Waals surface area contributed by atoms with Gasteiger partial charge in [0.1, 0.15) is 0 Å². The van der Waals surface area contributed by atoms with E-state index in [-0.39, 0.29) is 5.54 Å². The molecule has 0 bridgehead atoms. The Hall–Kier alpha value is -0.730. The van der Waals surface area contributed by atoms with Crippen LogP contribution in [0.1, 0.15) is 33.6 Å². The molecule has 0 aliphatic carbocycles. The van der Waals surface area contributed by atoms with Crippen molar-refractivity contribution in [2.45, 2.75) is 45.2 Å². The van der Waals surface area contributed by atoms with Crippen molar-refractivity contribution in [3.63, 3.8) is 0 Å². The third kappa shape index (κ3) is 2.81. The molecule has 1 fully saturated rings. The summed E-state index contributed by atoms with van der Waals surface area (Å²) >= 11 is 5.97. The summed E-state index contributed by atoms with van der Waals surface area (Å²) < 4.78 is 0. The molecule has 2 rings (SSSR count). The number of halogens is 1. The third-order valence-electron chi connectivity index (χ3n) is 4.13. The van der Waals surface area contributed by atoms with E-state index in [2.05, 4.69) is 43.1 Å². The number of piperazine rings is 1. The largest absolute Gasteiger partial charge is 0.365 e. The average molecular weight is 267 g/mol. The van der Waals surface area contributed by atoms with E-state index in [1.165, 1.54) is 5.69 Å². The van der Waals surface area contributed by atoms with Crippen molar-refractivity contribution in [1.82, 2.24) is 5.32 Å². The van der Waals surface area contributed by atoms with Crippen LogP contribution in [0, 0.1) is 0 Å². The van der Waals surface area contributed by atoms with Crippen molar-refractivity contribution in [3.8, 4) is 0 Å². The first-order chi connectivity index (χ1) is 8.58. The number of anilines is 1. The molecule has 1 aliphatic rings. The molecule has 100 valence electrons. The lowest BCUT2D eigenvalue weighted by molar-refractivity contribution is 0.276. The molecule has 1 heterocycles. The zero-order chi connectivity index (χ0) is 13.2. The minimum Gasteiger partial charge on any atom is -0.365 e. The van der Waals surface area contributed by atoms with E-state index in [1.807, 2.05) is 12.1 Å². The van der Waals surface area contributed by atoms with E-state index in [1.54, 1.807) is 0 Å². The molecule has 0 spiro atoms. The molecule has 1 saturated heterocycles. The molecule has 0 amide bonds. The molecule has 1 N–H and O–H groups in total. The minimum absolute atomic E-state index is 0.214. The molecule has 0 radical (unpaired) electrons. The highest BCUT2D eigenvalue weighted by molar-refractivity contribution is 6.30. The van der Waals surface area contributed by atoms with Crippen molar-refractivity contribution in [1.29, 1.82) is 0 Å². The fourth-order valence-electron chi connectivity index (χ4n) is 2.57. The van der Waals surface area contributed by atoms with Crippen LogP contribution in [0.4, 0.5) is 5.69 Å². The van der Waals surface area contributed by atoms with Gasteiger partial charge in [0, 0.05) is 35.4 Å². The minimum atomic E-state index is 0.214. The Kier molecular flexibility index (Phi) is 4.18. The Morgan fingerprint density at radius 3 is 2.56 bits per heavy atom. The molecular formula is C15H23ClN2. The Balaban J connectivity index is 2.23. The van der Waals surface area contributed by atoms with Gasteiger partial charge in [0.15, 0.2) is 0 Å². The van der Waals surface area contributed by atoms with Crippen LogP contribution >= 0.6 is 11.6 Å². The van der Waals surface area contributed by atoms with E-state index in [4.69, 9.17) is 11.6 Å². The summed E-state index contributed by atoms with van der Waals surface area (Å²) in [6, 6.07) is 8.80. The maximum absolute atomic E-state index is 5.97. The van der Waals surface area contributed by atoms with Crippen molar-refractivity contribution >= 4 is 17.3 Å². The van der Waals surface area contributed by atoms with Crippen molar-refractivity contribution in [2.75, 3.05) is 18.0 Å². The monoisotopic (exact) mass is 266 g/mol. The lowest BCUT2D eigenvalue weighted by Crippen LogP contribution is -2.62. The highest BCUT2D eigenvalue weighted by Crippen LogP contribution is 2.27.